The van der Waals surface area contributed by atoms with E-state index in [1.807, 2.05) is 24.3 Å². The van der Waals surface area contributed by atoms with Gasteiger partial charge < -0.3 is 11.5 Å². The van der Waals surface area contributed by atoms with Crippen LogP contribution in [0.15, 0.2) is 34.5 Å². The van der Waals surface area contributed by atoms with Crippen molar-refractivity contribution >= 4 is 35.7 Å². The van der Waals surface area contributed by atoms with Gasteiger partial charge >= 0.3 is 0 Å². The van der Waals surface area contributed by atoms with Gasteiger partial charge in [0.1, 0.15) is 0 Å². The molecule has 0 heterocycles. The van der Waals surface area contributed by atoms with Crippen molar-refractivity contribution in [2.24, 2.45) is 21.7 Å². The third-order valence-corrected chi connectivity index (χ3v) is 2.20. The summed E-state index contributed by atoms with van der Waals surface area (Å²) in [5.74, 6) is -0.0393. The summed E-state index contributed by atoms with van der Waals surface area (Å²) in [6.45, 7) is 2.07. The Hall–Kier alpha value is -1.26. The van der Waals surface area contributed by atoms with E-state index in [1.54, 1.807) is 0 Å². The Bertz CT molecular complexity index is 394. The summed E-state index contributed by atoms with van der Waals surface area (Å²) in [4.78, 5) is 0. The molecule has 0 fully saturated rings. The quantitative estimate of drug-likeness (QED) is 0.503. The highest BCUT2D eigenvalue weighted by Crippen LogP contribution is 2.12. The molecule has 0 aliphatic rings. The first kappa shape index (κ1) is 15.7. The van der Waals surface area contributed by atoms with Crippen LogP contribution in [0.3, 0.4) is 0 Å². The Kier molecular flexibility index (Phi) is 7.34. The topological polar surface area (TPSA) is 76.8 Å². The van der Waals surface area contributed by atoms with Crippen molar-refractivity contribution in [2.45, 2.75) is 19.8 Å². The van der Waals surface area contributed by atoms with Crippen molar-refractivity contribution in [3.63, 3.8) is 0 Å². The number of halogens is 2. The maximum absolute atomic E-state index is 5.81. The summed E-state index contributed by atoms with van der Waals surface area (Å²) >= 11 is 5.81. The molecule has 0 atom stereocenters. The van der Waals surface area contributed by atoms with E-state index in [-0.39, 0.29) is 18.4 Å². The number of hydrogen-bond donors (Lipinski definition) is 2. The summed E-state index contributed by atoms with van der Waals surface area (Å²) in [5, 5.41) is 8.39. The van der Waals surface area contributed by atoms with Crippen molar-refractivity contribution in [3.8, 4) is 0 Å². The molecule has 1 aromatic rings. The van der Waals surface area contributed by atoms with Gasteiger partial charge in [0.25, 0.3) is 0 Å². The van der Waals surface area contributed by atoms with E-state index in [0.29, 0.717) is 5.02 Å². The summed E-state index contributed by atoms with van der Waals surface area (Å²) in [7, 11) is 0. The molecule has 0 radical (unpaired) electrons. The summed E-state index contributed by atoms with van der Waals surface area (Å²) in [5.41, 5.74) is 12.3. The van der Waals surface area contributed by atoms with Gasteiger partial charge in [0, 0.05) is 5.02 Å². The second-order valence-corrected chi connectivity index (χ2v) is 3.76. The molecule has 17 heavy (non-hydrogen) atoms. The van der Waals surface area contributed by atoms with Gasteiger partial charge in [0.15, 0.2) is 0 Å². The summed E-state index contributed by atoms with van der Waals surface area (Å²) < 4.78 is 0. The second kappa shape index (κ2) is 7.92. The van der Waals surface area contributed by atoms with E-state index in [2.05, 4.69) is 17.1 Å². The number of nitrogens with two attached hydrogens (primary N) is 2. The molecule has 1 rings (SSSR count). The lowest BCUT2D eigenvalue weighted by Gasteiger charge is -2.03. The molecule has 0 unspecified atom stereocenters. The molecule has 6 heteroatoms. The molecule has 94 valence electrons. The van der Waals surface area contributed by atoms with Crippen LogP contribution >= 0.6 is 24.0 Å². The van der Waals surface area contributed by atoms with Crippen LogP contribution in [0.5, 0.6) is 0 Å². The van der Waals surface area contributed by atoms with Crippen molar-refractivity contribution < 1.29 is 0 Å². The molecular weight excluding hydrogens is 259 g/mol. The molecule has 0 aliphatic carbocycles. The van der Waals surface area contributed by atoms with E-state index in [0.717, 1.165) is 24.1 Å². The zero-order valence-corrected chi connectivity index (χ0v) is 11.1. The van der Waals surface area contributed by atoms with E-state index in [1.165, 1.54) is 0 Å². The summed E-state index contributed by atoms with van der Waals surface area (Å²) in [6, 6.07) is 7.44. The minimum Gasteiger partial charge on any atom is -0.369 e. The average Bonchev–Trinajstić information content (AvgIpc) is 2.25. The highest BCUT2D eigenvalue weighted by Gasteiger charge is 2.02. The third kappa shape index (κ3) is 5.56. The van der Waals surface area contributed by atoms with Gasteiger partial charge in [-0.3, -0.25) is 0 Å². The highest BCUT2D eigenvalue weighted by molar-refractivity contribution is 6.30. The van der Waals surface area contributed by atoms with Crippen LogP contribution in [0.2, 0.25) is 5.02 Å². The van der Waals surface area contributed by atoms with Crippen molar-refractivity contribution in [3.05, 3.63) is 34.9 Å². The lowest BCUT2D eigenvalue weighted by atomic mass is 10.1. The van der Waals surface area contributed by atoms with Gasteiger partial charge in [-0.2, -0.15) is 5.10 Å². The fourth-order valence-electron chi connectivity index (χ4n) is 1.25. The number of benzene rings is 1. The third-order valence-electron chi connectivity index (χ3n) is 1.95. The highest BCUT2D eigenvalue weighted by atomic mass is 35.5. The Labute approximate surface area is 112 Å². The van der Waals surface area contributed by atoms with E-state index in [4.69, 9.17) is 23.1 Å². The zero-order chi connectivity index (χ0) is 12.0. The number of hydrogen-bond acceptors (Lipinski definition) is 2. The smallest absolute Gasteiger partial charge is 0.211 e. The molecule has 4 N–H and O–H groups in total. The van der Waals surface area contributed by atoms with Crippen molar-refractivity contribution in [1.29, 1.82) is 0 Å². The molecule has 0 spiro atoms. The average molecular weight is 275 g/mol. The number of nitrogens with zero attached hydrogens (tertiary/aromatic N) is 2. The lowest BCUT2D eigenvalue weighted by Crippen LogP contribution is -2.22. The minimum absolute atomic E-state index is 0. The molecule has 0 saturated carbocycles. The number of guanidine groups is 1. The Morgan fingerprint density at radius 1 is 1.18 bits per heavy atom. The fourth-order valence-corrected chi connectivity index (χ4v) is 1.38. The zero-order valence-electron chi connectivity index (χ0n) is 9.56. The molecule has 1 aromatic carbocycles. The van der Waals surface area contributed by atoms with E-state index < -0.39 is 0 Å². The SMILES string of the molecule is CCC/C(=N\N=C(N)N)c1ccc(Cl)cc1.Cl. The maximum atomic E-state index is 5.81. The Morgan fingerprint density at radius 2 is 1.76 bits per heavy atom. The molecule has 0 bridgehead atoms. The van der Waals surface area contributed by atoms with Crippen LogP contribution in [0, 0.1) is 0 Å². The van der Waals surface area contributed by atoms with Crippen LogP contribution in [-0.2, 0) is 0 Å². The maximum Gasteiger partial charge on any atom is 0.211 e. The lowest BCUT2D eigenvalue weighted by molar-refractivity contribution is 0.981. The largest absolute Gasteiger partial charge is 0.369 e. The van der Waals surface area contributed by atoms with Crippen molar-refractivity contribution in [2.75, 3.05) is 0 Å². The minimum atomic E-state index is -0.0393. The number of rotatable bonds is 4. The second-order valence-electron chi connectivity index (χ2n) is 3.33. The van der Waals surface area contributed by atoms with Gasteiger partial charge in [-0.25, -0.2) is 0 Å². The monoisotopic (exact) mass is 274 g/mol. The summed E-state index contributed by atoms with van der Waals surface area (Å²) in [6.07, 6.45) is 1.79. The van der Waals surface area contributed by atoms with E-state index >= 15 is 0 Å². The predicted octanol–water partition coefficient (Wildman–Crippen LogP) is 2.54. The fraction of sp³-hybridized carbons (Fsp3) is 0.273. The Morgan fingerprint density at radius 3 is 2.24 bits per heavy atom. The molecule has 0 amide bonds. The molecule has 0 aromatic heterocycles. The standard InChI is InChI=1S/C11H15ClN4.ClH/c1-2-3-10(15-16-11(13)14)8-4-6-9(12)7-5-8;/h4-7H,2-3H2,1H3,(H4,13,14,16);1H/b15-10+;. The van der Waals surface area contributed by atoms with Crippen LogP contribution in [0.25, 0.3) is 0 Å². The van der Waals surface area contributed by atoms with Crippen LogP contribution in [-0.4, -0.2) is 11.7 Å². The van der Waals surface area contributed by atoms with Gasteiger partial charge in [-0.15, -0.1) is 17.5 Å². The van der Waals surface area contributed by atoms with Crippen molar-refractivity contribution in [1.82, 2.24) is 0 Å². The van der Waals surface area contributed by atoms with Gasteiger partial charge in [-0.1, -0.05) is 37.1 Å². The Balaban J connectivity index is 0.00000256. The predicted molar refractivity (Wildman–Crippen MR) is 76.0 cm³/mol. The van der Waals surface area contributed by atoms with Crippen LogP contribution < -0.4 is 11.5 Å². The van der Waals surface area contributed by atoms with Crippen LogP contribution in [0.1, 0.15) is 25.3 Å². The first-order valence-corrected chi connectivity index (χ1v) is 5.42. The van der Waals surface area contributed by atoms with E-state index in [9.17, 15) is 0 Å². The molecule has 4 nitrogen and oxygen atoms in total. The van der Waals surface area contributed by atoms with Gasteiger partial charge in [0.05, 0.1) is 5.71 Å². The van der Waals surface area contributed by atoms with Gasteiger partial charge in [-0.05, 0) is 24.1 Å². The first-order chi connectivity index (χ1) is 7.63. The molecule has 0 saturated heterocycles. The molecular formula is C11H16Cl2N4. The van der Waals surface area contributed by atoms with Gasteiger partial charge in [0.2, 0.25) is 5.96 Å². The van der Waals surface area contributed by atoms with Crippen LogP contribution in [0.4, 0.5) is 0 Å². The molecule has 0 aliphatic heterocycles. The normalized spacial score (nSPS) is 10.6. The first-order valence-electron chi connectivity index (χ1n) is 5.05.